The van der Waals surface area contributed by atoms with Crippen molar-refractivity contribution in [2.75, 3.05) is 0 Å². The molecule has 0 aromatic carbocycles. The number of nitro groups is 1. The van der Waals surface area contributed by atoms with Crippen LogP contribution in [0.25, 0.3) is 0 Å². The molecule has 0 saturated heterocycles. The fraction of sp³-hybridized carbons (Fsp3) is 0.500. The minimum atomic E-state index is -1.86. The Kier molecular flexibility index (Phi) is 2.75. The minimum absolute atomic E-state index is 0.665. The van der Waals surface area contributed by atoms with E-state index in [-0.39, 0.29) is 0 Å². The maximum absolute atomic E-state index is 9.76. The van der Waals surface area contributed by atoms with E-state index in [1.165, 1.54) is 0 Å². The quantitative estimate of drug-likeness (QED) is 0.115. The molecule has 0 rings (SSSR count). The molecule has 4 N–H and O–H groups in total. The number of hydrogen-bond donors (Lipinski definition) is 3. The maximum atomic E-state index is 9.76. The summed E-state index contributed by atoms with van der Waals surface area (Å²) in [4.78, 5) is 18.3. The van der Waals surface area contributed by atoms with E-state index in [0.717, 1.165) is 0 Å². The average Bonchev–Trinajstić information content (AvgIpc) is 1.81. The van der Waals surface area contributed by atoms with Crippen LogP contribution in [-0.4, -0.2) is 17.2 Å². The first-order chi connectivity index (χ1) is 4.57. The normalized spacial score (nSPS) is 11.6. The highest BCUT2D eigenvalue weighted by Crippen LogP contribution is 1.83. The fourth-order valence-corrected chi connectivity index (χ4v) is 0.257. The zero-order chi connectivity index (χ0) is 8.15. The molecule has 0 aromatic rings. The van der Waals surface area contributed by atoms with Crippen molar-refractivity contribution in [1.29, 1.82) is 5.41 Å². The molecule has 1 unspecified atom stereocenters. The number of nitrogens with one attached hydrogen (secondary N) is 2. The summed E-state index contributed by atoms with van der Waals surface area (Å²) in [6, 6.07) is 0. The second-order valence-electron chi connectivity index (χ2n) is 1.32. The standard InChI is InChI=1S/C2H5N5O3/c3-1(4)5-2(6-8)7(9)10/h2H,(H4,3,4,5). The third-order valence-electron chi connectivity index (χ3n) is 0.584. The molecule has 0 aliphatic rings. The van der Waals surface area contributed by atoms with Gasteiger partial charge in [-0.2, -0.15) is 0 Å². The molecular formula is C2H5N5O3. The maximum Gasteiger partial charge on any atom is 0.420 e. The van der Waals surface area contributed by atoms with Gasteiger partial charge in [-0.25, -0.2) is 0 Å². The average molecular weight is 147 g/mol. The SMILES string of the molecule is N=C(N)NC(N=O)[N+](=O)[O-]. The summed E-state index contributed by atoms with van der Waals surface area (Å²) in [6.07, 6.45) is -1.86. The van der Waals surface area contributed by atoms with Crippen LogP contribution >= 0.6 is 0 Å². The topological polar surface area (TPSA) is 134 Å². The van der Waals surface area contributed by atoms with Gasteiger partial charge in [0.05, 0.1) is 4.92 Å². The Balaban J connectivity index is 3.96. The third kappa shape index (κ3) is 2.55. The predicted molar refractivity (Wildman–Crippen MR) is 31.6 cm³/mol. The molecule has 0 bridgehead atoms. The van der Waals surface area contributed by atoms with Crippen LogP contribution in [0.4, 0.5) is 0 Å². The first-order valence-corrected chi connectivity index (χ1v) is 2.14. The molecule has 0 amide bonds. The molecule has 56 valence electrons. The molecule has 0 fully saturated rings. The van der Waals surface area contributed by atoms with E-state index >= 15 is 0 Å². The van der Waals surface area contributed by atoms with Gasteiger partial charge in [-0.05, 0) is 0 Å². The molecule has 10 heavy (non-hydrogen) atoms. The first-order valence-electron chi connectivity index (χ1n) is 2.14. The first kappa shape index (κ1) is 8.27. The highest BCUT2D eigenvalue weighted by molar-refractivity contribution is 5.74. The molecule has 8 nitrogen and oxygen atoms in total. The van der Waals surface area contributed by atoms with Gasteiger partial charge in [-0.3, -0.25) is 20.8 Å². The van der Waals surface area contributed by atoms with Gasteiger partial charge in [0, 0.05) is 5.18 Å². The van der Waals surface area contributed by atoms with Crippen LogP contribution in [0.15, 0.2) is 5.18 Å². The zero-order valence-corrected chi connectivity index (χ0v) is 4.77. The van der Waals surface area contributed by atoms with Gasteiger partial charge in [-0.15, -0.1) is 4.91 Å². The second kappa shape index (κ2) is 3.33. The predicted octanol–water partition coefficient (Wildman–Crippen LogP) is -1.20. The number of guanidine groups is 1. The van der Waals surface area contributed by atoms with E-state index < -0.39 is 17.2 Å². The largest absolute Gasteiger partial charge is 0.420 e. The van der Waals surface area contributed by atoms with Crippen molar-refractivity contribution >= 4 is 5.96 Å². The van der Waals surface area contributed by atoms with E-state index in [2.05, 4.69) is 5.73 Å². The van der Waals surface area contributed by atoms with Crippen molar-refractivity contribution in [3.63, 3.8) is 0 Å². The highest BCUT2D eigenvalue weighted by Gasteiger charge is 2.19. The van der Waals surface area contributed by atoms with Crippen LogP contribution < -0.4 is 11.1 Å². The van der Waals surface area contributed by atoms with E-state index in [9.17, 15) is 15.0 Å². The van der Waals surface area contributed by atoms with Gasteiger partial charge in [0.15, 0.2) is 5.96 Å². The van der Waals surface area contributed by atoms with E-state index in [4.69, 9.17) is 5.41 Å². The number of nitroso groups, excluding NO2 is 1. The summed E-state index contributed by atoms with van der Waals surface area (Å²) in [5, 5.41) is 20.0. The molecule has 0 aliphatic heterocycles. The summed E-state index contributed by atoms with van der Waals surface area (Å²) in [5.74, 6) is -0.665. The number of rotatable bonds is 3. The second-order valence-corrected chi connectivity index (χ2v) is 1.32. The molecule has 1 atom stereocenters. The molecule has 0 aliphatic carbocycles. The molecule has 0 radical (unpaired) electrons. The van der Waals surface area contributed by atoms with Gasteiger partial charge in [-0.1, -0.05) is 0 Å². The van der Waals surface area contributed by atoms with E-state index in [1.807, 2.05) is 5.18 Å². The van der Waals surface area contributed by atoms with Crippen LogP contribution in [-0.2, 0) is 0 Å². The van der Waals surface area contributed by atoms with Gasteiger partial charge >= 0.3 is 6.29 Å². The van der Waals surface area contributed by atoms with E-state index in [1.54, 1.807) is 5.32 Å². The van der Waals surface area contributed by atoms with Gasteiger partial charge in [0.1, 0.15) is 0 Å². The van der Waals surface area contributed by atoms with Gasteiger partial charge < -0.3 is 5.73 Å². The van der Waals surface area contributed by atoms with Gasteiger partial charge in [0.25, 0.3) is 0 Å². The number of nitrogens with two attached hydrogens (primary N) is 1. The van der Waals surface area contributed by atoms with Crippen molar-refractivity contribution in [2.24, 2.45) is 10.9 Å². The molecule has 8 heteroatoms. The fourth-order valence-electron chi connectivity index (χ4n) is 0.257. The van der Waals surface area contributed by atoms with Crippen molar-refractivity contribution < 1.29 is 4.92 Å². The number of hydrogen-bond acceptors (Lipinski definition) is 5. The lowest BCUT2D eigenvalue weighted by Crippen LogP contribution is -2.42. The smallest absolute Gasteiger partial charge is 0.370 e. The molecular weight excluding hydrogens is 142 g/mol. The zero-order valence-electron chi connectivity index (χ0n) is 4.77. The molecule has 0 spiro atoms. The van der Waals surface area contributed by atoms with Crippen LogP contribution in [0.5, 0.6) is 0 Å². The summed E-state index contributed by atoms with van der Waals surface area (Å²) < 4.78 is 0. The van der Waals surface area contributed by atoms with Crippen molar-refractivity contribution in [3.8, 4) is 0 Å². The molecule has 0 saturated carbocycles. The van der Waals surface area contributed by atoms with E-state index in [0.29, 0.717) is 0 Å². The Labute approximate surface area is 55.0 Å². The summed E-state index contributed by atoms with van der Waals surface area (Å²) in [6.45, 7) is 0. The molecule has 0 aromatic heterocycles. The summed E-state index contributed by atoms with van der Waals surface area (Å²) in [5.41, 5.74) is 4.68. The minimum Gasteiger partial charge on any atom is -0.370 e. The van der Waals surface area contributed by atoms with Crippen LogP contribution in [0, 0.1) is 20.4 Å². The van der Waals surface area contributed by atoms with Crippen LogP contribution in [0.1, 0.15) is 0 Å². The Morgan fingerprint density at radius 1 is 1.90 bits per heavy atom. The monoisotopic (exact) mass is 147 g/mol. The lowest BCUT2D eigenvalue weighted by molar-refractivity contribution is -0.524. The summed E-state index contributed by atoms with van der Waals surface area (Å²) >= 11 is 0. The van der Waals surface area contributed by atoms with Crippen LogP contribution in [0.2, 0.25) is 0 Å². The number of nitrogens with zero attached hydrogens (tertiary/aromatic N) is 2. The lowest BCUT2D eigenvalue weighted by Gasteiger charge is -2.00. The van der Waals surface area contributed by atoms with Crippen molar-refractivity contribution in [2.45, 2.75) is 6.29 Å². The Morgan fingerprint density at radius 3 is 2.50 bits per heavy atom. The van der Waals surface area contributed by atoms with Crippen LogP contribution in [0.3, 0.4) is 0 Å². The lowest BCUT2D eigenvalue weighted by atomic mass is 10.8. The van der Waals surface area contributed by atoms with Gasteiger partial charge in [0.2, 0.25) is 0 Å². The third-order valence-corrected chi connectivity index (χ3v) is 0.584. The van der Waals surface area contributed by atoms with Crippen molar-refractivity contribution in [3.05, 3.63) is 15.0 Å². The highest BCUT2D eigenvalue weighted by atomic mass is 16.6. The Morgan fingerprint density at radius 2 is 2.40 bits per heavy atom. The summed E-state index contributed by atoms with van der Waals surface area (Å²) in [7, 11) is 0. The Hall–Kier alpha value is -1.73. The van der Waals surface area contributed by atoms with Crippen molar-refractivity contribution in [1.82, 2.24) is 5.32 Å². The Bertz CT molecular complexity index is 166. The molecule has 0 heterocycles.